The van der Waals surface area contributed by atoms with Crippen LogP contribution in [-0.4, -0.2) is 62.1 Å². The van der Waals surface area contributed by atoms with Gasteiger partial charge < -0.3 is 9.84 Å². The first kappa shape index (κ1) is 18.8. The summed E-state index contributed by atoms with van der Waals surface area (Å²) >= 11 is 0. The molecule has 0 radical (unpaired) electrons. The van der Waals surface area contributed by atoms with Gasteiger partial charge in [0.2, 0.25) is 10.0 Å². The van der Waals surface area contributed by atoms with Crippen LogP contribution in [0.2, 0.25) is 0 Å². The van der Waals surface area contributed by atoms with E-state index in [2.05, 4.69) is 4.90 Å². The lowest BCUT2D eigenvalue weighted by atomic mass is 10.2. The van der Waals surface area contributed by atoms with Gasteiger partial charge in [-0.1, -0.05) is 30.3 Å². The van der Waals surface area contributed by atoms with E-state index in [4.69, 9.17) is 9.84 Å². The van der Waals surface area contributed by atoms with E-state index in [9.17, 15) is 8.42 Å². The molecule has 0 saturated carbocycles. The maximum atomic E-state index is 12.7. The Bertz CT molecular complexity index is 803. The van der Waals surface area contributed by atoms with Crippen LogP contribution in [0.3, 0.4) is 0 Å². The average Bonchev–Trinajstić information content (AvgIpc) is 2.68. The van der Waals surface area contributed by atoms with Crippen molar-refractivity contribution in [3.05, 3.63) is 60.2 Å². The average molecular weight is 376 g/mol. The third-order valence-corrected chi connectivity index (χ3v) is 6.29. The minimum absolute atomic E-state index is 0.0118. The molecule has 2 aromatic carbocycles. The van der Waals surface area contributed by atoms with Gasteiger partial charge in [0.25, 0.3) is 0 Å². The summed E-state index contributed by atoms with van der Waals surface area (Å²) < 4.78 is 32.3. The van der Waals surface area contributed by atoms with Gasteiger partial charge in [-0.05, 0) is 29.8 Å². The van der Waals surface area contributed by atoms with E-state index >= 15 is 0 Å². The monoisotopic (exact) mass is 376 g/mol. The summed E-state index contributed by atoms with van der Waals surface area (Å²) in [6.45, 7) is 3.36. The lowest BCUT2D eigenvalue weighted by molar-refractivity contribution is 0.181. The molecule has 1 aliphatic rings. The first-order chi connectivity index (χ1) is 12.6. The maximum absolute atomic E-state index is 12.7. The third-order valence-electron chi connectivity index (χ3n) is 4.38. The Morgan fingerprint density at radius 2 is 1.69 bits per heavy atom. The Kier molecular flexibility index (Phi) is 6.26. The number of hydrogen-bond donors (Lipinski definition) is 1. The number of rotatable bonds is 7. The summed E-state index contributed by atoms with van der Waals surface area (Å²) in [5, 5.41) is 8.84. The third kappa shape index (κ3) is 4.62. The fraction of sp³-hybridized carbons (Fsp3) is 0.368. The van der Waals surface area contributed by atoms with E-state index in [1.165, 1.54) is 0 Å². The van der Waals surface area contributed by atoms with Gasteiger partial charge in [0.05, 0.1) is 11.5 Å². The summed E-state index contributed by atoms with van der Waals surface area (Å²) in [4.78, 5) is 2.59. The molecule has 1 saturated heterocycles. The zero-order valence-electron chi connectivity index (χ0n) is 14.6. The SMILES string of the molecule is O=S(=O)(c1ccccc1)N1CCN(Cc2cccc(OCCO)c2)CC1. The summed E-state index contributed by atoms with van der Waals surface area (Å²) in [6.07, 6.45) is 0. The van der Waals surface area contributed by atoms with Gasteiger partial charge in [-0.3, -0.25) is 4.90 Å². The lowest BCUT2D eigenvalue weighted by Crippen LogP contribution is -2.48. The van der Waals surface area contributed by atoms with E-state index in [-0.39, 0.29) is 13.2 Å². The number of ether oxygens (including phenoxy) is 1. The molecular formula is C19H24N2O4S. The van der Waals surface area contributed by atoms with Gasteiger partial charge in [0.1, 0.15) is 12.4 Å². The topological polar surface area (TPSA) is 70.1 Å². The van der Waals surface area contributed by atoms with Crippen LogP contribution in [0.5, 0.6) is 5.75 Å². The van der Waals surface area contributed by atoms with Crippen LogP contribution in [0.25, 0.3) is 0 Å². The van der Waals surface area contributed by atoms with Crippen LogP contribution in [0.4, 0.5) is 0 Å². The fourth-order valence-corrected chi connectivity index (χ4v) is 4.47. The Balaban J connectivity index is 1.57. The molecule has 0 aromatic heterocycles. The van der Waals surface area contributed by atoms with Gasteiger partial charge in [0.15, 0.2) is 0 Å². The molecule has 0 bridgehead atoms. The maximum Gasteiger partial charge on any atom is 0.243 e. The van der Waals surface area contributed by atoms with Gasteiger partial charge in [-0.15, -0.1) is 0 Å². The van der Waals surface area contributed by atoms with Gasteiger partial charge in [-0.25, -0.2) is 8.42 Å². The van der Waals surface area contributed by atoms with Crippen molar-refractivity contribution < 1.29 is 18.3 Å². The predicted molar refractivity (Wildman–Crippen MR) is 99.5 cm³/mol. The van der Waals surface area contributed by atoms with Crippen LogP contribution in [0.15, 0.2) is 59.5 Å². The summed E-state index contributed by atoms with van der Waals surface area (Å²) in [5.41, 5.74) is 1.11. The number of benzene rings is 2. The number of aliphatic hydroxyl groups is 1. The van der Waals surface area contributed by atoms with Crippen LogP contribution in [-0.2, 0) is 16.6 Å². The minimum Gasteiger partial charge on any atom is -0.491 e. The van der Waals surface area contributed by atoms with Crippen LogP contribution in [0.1, 0.15) is 5.56 Å². The second-order valence-electron chi connectivity index (χ2n) is 6.21. The lowest BCUT2D eigenvalue weighted by Gasteiger charge is -2.34. The molecule has 1 heterocycles. The van der Waals surface area contributed by atoms with Crippen molar-refractivity contribution in [2.45, 2.75) is 11.4 Å². The molecule has 1 aliphatic heterocycles. The van der Waals surface area contributed by atoms with E-state index in [0.717, 1.165) is 17.9 Å². The highest BCUT2D eigenvalue weighted by Crippen LogP contribution is 2.19. The van der Waals surface area contributed by atoms with Crippen molar-refractivity contribution in [3.8, 4) is 5.75 Å². The number of sulfonamides is 1. The molecule has 140 valence electrons. The zero-order valence-corrected chi connectivity index (χ0v) is 15.4. The molecule has 2 aromatic rings. The van der Waals surface area contributed by atoms with Gasteiger partial charge in [-0.2, -0.15) is 4.31 Å². The molecule has 0 atom stereocenters. The van der Waals surface area contributed by atoms with Crippen molar-refractivity contribution >= 4 is 10.0 Å². The summed E-state index contributed by atoms with van der Waals surface area (Å²) in [7, 11) is -3.41. The number of aliphatic hydroxyl groups excluding tert-OH is 1. The van der Waals surface area contributed by atoms with E-state index in [1.807, 2.05) is 30.3 Å². The quantitative estimate of drug-likeness (QED) is 0.794. The van der Waals surface area contributed by atoms with Crippen molar-refractivity contribution in [1.29, 1.82) is 0 Å². The first-order valence-corrected chi connectivity index (χ1v) is 10.1. The van der Waals surface area contributed by atoms with Crippen molar-refractivity contribution in [2.24, 2.45) is 0 Å². The van der Waals surface area contributed by atoms with Crippen molar-refractivity contribution in [2.75, 3.05) is 39.4 Å². The smallest absolute Gasteiger partial charge is 0.243 e. The van der Waals surface area contributed by atoms with E-state index in [1.54, 1.807) is 28.6 Å². The molecule has 0 amide bonds. The van der Waals surface area contributed by atoms with Crippen LogP contribution >= 0.6 is 0 Å². The number of hydrogen-bond acceptors (Lipinski definition) is 5. The minimum atomic E-state index is -3.41. The normalized spacial score (nSPS) is 16.5. The highest BCUT2D eigenvalue weighted by molar-refractivity contribution is 7.89. The van der Waals surface area contributed by atoms with E-state index in [0.29, 0.717) is 31.1 Å². The molecule has 0 aliphatic carbocycles. The van der Waals surface area contributed by atoms with Crippen LogP contribution < -0.4 is 4.74 Å². The Hall–Kier alpha value is -1.93. The van der Waals surface area contributed by atoms with Crippen LogP contribution in [0, 0.1) is 0 Å². The molecule has 1 fully saturated rings. The highest BCUT2D eigenvalue weighted by Gasteiger charge is 2.28. The van der Waals surface area contributed by atoms with Crippen molar-refractivity contribution in [3.63, 3.8) is 0 Å². The number of nitrogens with zero attached hydrogens (tertiary/aromatic N) is 2. The second kappa shape index (κ2) is 8.64. The molecule has 7 heteroatoms. The number of piperazine rings is 1. The van der Waals surface area contributed by atoms with Crippen molar-refractivity contribution in [1.82, 2.24) is 9.21 Å². The molecule has 3 rings (SSSR count). The largest absolute Gasteiger partial charge is 0.491 e. The molecular weight excluding hydrogens is 352 g/mol. The Morgan fingerprint density at radius 1 is 0.962 bits per heavy atom. The zero-order chi connectivity index (χ0) is 18.4. The second-order valence-corrected chi connectivity index (χ2v) is 8.15. The Labute approximate surface area is 154 Å². The predicted octanol–water partition coefficient (Wildman–Crippen LogP) is 1.56. The van der Waals surface area contributed by atoms with Gasteiger partial charge >= 0.3 is 0 Å². The molecule has 1 N–H and O–H groups in total. The molecule has 26 heavy (non-hydrogen) atoms. The highest BCUT2D eigenvalue weighted by atomic mass is 32.2. The van der Waals surface area contributed by atoms with Gasteiger partial charge in [0, 0.05) is 32.7 Å². The van der Waals surface area contributed by atoms with E-state index < -0.39 is 10.0 Å². The summed E-state index contributed by atoms with van der Waals surface area (Å²) in [5.74, 6) is 0.738. The molecule has 0 spiro atoms. The fourth-order valence-electron chi connectivity index (χ4n) is 3.02. The first-order valence-electron chi connectivity index (χ1n) is 8.70. The summed E-state index contributed by atoms with van der Waals surface area (Å²) in [6, 6.07) is 16.4. The Morgan fingerprint density at radius 3 is 2.38 bits per heavy atom. The standard InChI is InChI=1S/C19H24N2O4S/c22-13-14-25-18-6-4-5-17(15-18)16-20-9-11-21(12-10-20)26(23,24)19-7-2-1-3-8-19/h1-8,15,22H,9-14,16H2. The molecule has 6 nitrogen and oxygen atoms in total. The molecule has 0 unspecified atom stereocenters.